The highest BCUT2D eigenvalue weighted by molar-refractivity contribution is 5.74. The summed E-state index contributed by atoms with van der Waals surface area (Å²) in [5.41, 5.74) is 0.962. The van der Waals surface area contributed by atoms with E-state index in [1.54, 1.807) is 6.07 Å². The van der Waals surface area contributed by atoms with Crippen molar-refractivity contribution in [2.45, 2.75) is 26.2 Å². The van der Waals surface area contributed by atoms with Crippen molar-refractivity contribution in [2.24, 2.45) is 0 Å². The number of carbonyl (C=O) groups excluding carboxylic acids is 1. The second-order valence-corrected chi connectivity index (χ2v) is 4.65. The van der Waals surface area contributed by atoms with E-state index >= 15 is 0 Å². The zero-order chi connectivity index (χ0) is 12.2. The van der Waals surface area contributed by atoms with Gasteiger partial charge in [0.25, 0.3) is 0 Å². The van der Waals surface area contributed by atoms with Gasteiger partial charge in [0.05, 0.1) is 0 Å². The Kier molecular flexibility index (Phi) is 4.07. The molecule has 3 heteroatoms. The van der Waals surface area contributed by atoms with Crippen LogP contribution in [0.1, 0.15) is 26.3 Å². The fourth-order valence-electron chi connectivity index (χ4n) is 1.45. The molecule has 1 aromatic rings. The number of para-hydroxylation sites is 1. The van der Waals surface area contributed by atoms with Crippen LogP contribution < -0.4 is 4.74 Å². The molecule has 1 aromatic carbocycles. The van der Waals surface area contributed by atoms with E-state index in [-0.39, 0.29) is 18.0 Å². The van der Waals surface area contributed by atoms with E-state index < -0.39 is 0 Å². The summed E-state index contributed by atoms with van der Waals surface area (Å²) in [5, 5.41) is 0. The molecular weight excluding hydrogens is 204 g/mol. The van der Waals surface area contributed by atoms with Crippen molar-refractivity contribution in [1.82, 2.24) is 0 Å². The van der Waals surface area contributed by atoms with Crippen LogP contribution in [0, 0.1) is 0 Å². The van der Waals surface area contributed by atoms with Gasteiger partial charge in [-0.1, -0.05) is 39.0 Å². The third kappa shape index (κ3) is 3.35. The minimum absolute atomic E-state index is 0.0293. The summed E-state index contributed by atoms with van der Waals surface area (Å²) < 4.78 is 9.98. The van der Waals surface area contributed by atoms with Gasteiger partial charge in [0.1, 0.15) is 12.4 Å². The van der Waals surface area contributed by atoms with E-state index in [4.69, 9.17) is 9.47 Å². The monoisotopic (exact) mass is 222 g/mol. The molecule has 0 spiro atoms. The first-order valence-electron chi connectivity index (χ1n) is 5.24. The fourth-order valence-corrected chi connectivity index (χ4v) is 1.45. The molecule has 0 atom stereocenters. The third-order valence-corrected chi connectivity index (χ3v) is 2.18. The number of carbonyl (C=O) groups is 1. The van der Waals surface area contributed by atoms with E-state index in [2.05, 4.69) is 20.8 Å². The van der Waals surface area contributed by atoms with Gasteiger partial charge in [0, 0.05) is 12.7 Å². The lowest BCUT2D eigenvalue weighted by atomic mass is 9.86. The van der Waals surface area contributed by atoms with Gasteiger partial charge in [-0.3, -0.25) is 0 Å². The van der Waals surface area contributed by atoms with Crippen molar-refractivity contribution in [1.29, 1.82) is 0 Å². The highest BCUT2D eigenvalue weighted by atomic mass is 16.6. The number of hydrogen-bond acceptors (Lipinski definition) is 3. The van der Waals surface area contributed by atoms with Crippen LogP contribution in [-0.2, 0) is 14.9 Å². The van der Waals surface area contributed by atoms with Crippen molar-refractivity contribution in [3.05, 3.63) is 29.8 Å². The Hall–Kier alpha value is -1.35. The lowest BCUT2D eigenvalue weighted by Crippen LogP contribution is -2.18. The van der Waals surface area contributed by atoms with Crippen LogP contribution >= 0.6 is 0 Å². The van der Waals surface area contributed by atoms with Crippen molar-refractivity contribution < 1.29 is 14.3 Å². The zero-order valence-corrected chi connectivity index (χ0v) is 10.2. The Morgan fingerprint density at radius 1 is 1.25 bits per heavy atom. The number of rotatable bonds is 3. The SMILES string of the molecule is COCC(=O)Oc1ccccc1C(C)(C)C. The standard InChI is InChI=1S/C13H18O3/c1-13(2,3)10-7-5-6-8-11(10)16-12(14)9-15-4/h5-8H,9H2,1-4H3. The van der Waals surface area contributed by atoms with Crippen LogP contribution in [0.3, 0.4) is 0 Å². The molecule has 0 aliphatic carbocycles. The summed E-state index contributed by atoms with van der Waals surface area (Å²) >= 11 is 0. The molecule has 0 amide bonds. The van der Waals surface area contributed by atoms with Gasteiger partial charge in [0.15, 0.2) is 0 Å². The minimum atomic E-state index is -0.376. The van der Waals surface area contributed by atoms with Crippen LogP contribution in [0.5, 0.6) is 5.75 Å². The number of ether oxygens (including phenoxy) is 2. The summed E-state index contributed by atoms with van der Waals surface area (Å²) in [5.74, 6) is 0.233. The smallest absolute Gasteiger partial charge is 0.337 e. The number of benzene rings is 1. The molecule has 0 aromatic heterocycles. The van der Waals surface area contributed by atoms with Crippen LogP contribution in [0.25, 0.3) is 0 Å². The van der Waals surface area contributed by atoms with Crippen LogP contribution in [-0.4, -0.2) is 19.7 Å². The second-order valence-electron chi connectivity index (χ2n) is 4.65. The van der Waals surface area contributed by atoms with E-state index in [0.29, 0.717) is 5.75 Å². The van der Waals surface area contributed by atoms with Crippen molar-refractivity contribution in [3.8, 4) is 5.75 Å². The molecule has 0 heterocycles. The Bertz CT molecular complexity index is 364. The Balaban J connectivity index is 2.92. The Morgan fingerprint density at radius 2 is 1.88 bits per heavy atom. The largest absolute Gasteiger partial charge is 0.425 e. The minimum Gasteiger partial charge on any atom is -0.425 e. The van der Waals surface area contributed by atoms with E-state index in [0.717, 1.165) is 5.56 Å². The molecule has 0 fully saturated rings. The molecule has 16 heavy (non-hydrogen) atoms. The summed E-state index contributed by atoms with van der Waals surface area (Å²) in [4.78, 5) is 11.3. The molecule has 0 aliphatic rings. The van der Waals surface area contributed by atoms with Gasteiger partial charge in [0.2, 0.25) is 0 Å². The predicted molar refractivity (Wildman–Crippen MR) is 62.7 cm³/mol. The third-order valence-electron chi connectivity index (χ3n) is 2.18. The first kappa shape index (κ1) is 12.7. The molecule has 0 bridgehead atoms. The van der Waals surface area contributed by atoms with E-state index in [1.807, 2.05) is 18.2 Å². The fraction of sp³-hybridized carbons (Fsp3) is 0.462. The lowest BCUT2D eigenvalue weighted by molar-refractivity contribution is -0.138. The number of esters is 1. The number of methoxy groups -OCH3 is 1. The molecule has 0 aliphatic heterocycles. The maximum absolute atomic E-state index is 11.3. The summed E-state index contributed by atoms with van der Waals surface area (Å²) in [6.45, 7) is 6.21. The average molecular weight is 222 g/mol. The van der Waals surface area contributed by atoms with Crippen LogP contribution in [0.15, 0.2) is 24.3 Å². The predicted octanol–water partition coefficient (Wildman–Crippen LogP) is 2.54. The maximum Gasteiger partial charge on any atom is 0.337 e. The van der Waals surface area contributed by atoms with Crippen LogP contribution in [0.2, 0.25) is 0 Å². The highest BCUT2D eigenvalue weighted by Crippen LogP contribution is 2.30. The molecule has 3 nitrogen and oxygen atoms in total. The van der Waals surface area contributed by atoms with E-state index in [1.165, 1.54) is 7.11 Å². The summed E-state index contributed by atoms with van der Waals surface area (Å²) in [7, 11) is 1.47. The quantitative estimate of drug-likeness (QED) is 0.582. The molecule has 0 saturated heterocycles. The van der Waals surface area contributed by atoms with E-state index in [9.17, 15) is 4.79 Å². The molecule has 1 rings (SSSR count). The Morgan fingerprint density at radius 3 is 2.44 bits per heavy atom. The van der Waals surface area contributed by atoms with Gasteiger partial charge in [-0.15, -0.1) is 0 Å². The topological polar surface area (TPSA) is 35.5 Å². The molecule has 88 valence electrons. The van der Waals surface area contributed by atoms with Crippen molar-refractivity contribution in [3.63, 3.8) is 0 Å². The van der Waals surface area contributed by atoms with Crippen molar-refractivity contribution in [2.75, 3.05) is 13.7 Å². The average Bonchev–Trinajstić information content (AvgIpc) is 2.17. The lowest BCUT2D eigenvalue weighted by Gasteiger charge is -2.21. The summed E-state index contributed by atoms with van der Waals surface area (Å²) in [6, 6.07) is 7.56. The summed E-state index contributed by atoms with van der Waals surface area (Å²) in [6.07, 6.45) is 0. The van der Waals surface area contributed by atoms with Crippen LogP contribution in [0.4, 0.5) is 0 Å². The molecule has 0 N–H and O–H groups in total. The van der Waals surface area contributed by atoms with Gasteiger partial charge in [-0.2, -0.15) is 0 Å². The Labute approximate surface area is 96.4 Å². The molecule has 0 unspecified atom stereocenters. The first-order valence-corrected chi connectivity index (χ1v) is 5.24. The maximum atomic E-state index is 11.3. The first-order chi connectivity index (χ1) is 7.45. The zero-order valence-electron chi connectivity index (χ0n) is 10.2. The highest BCUT2D eigenvalue weighted by Gasteiger charge is 2.19. The van der Waals surface area contributed by atoms with Crippen molar-refractivity contribution >= 4 is 5.97 Å². The van der Waals surface area contributed by atoms with Gasteiger partial charge >= 0.3 is 5.97 Å². The molecule has 0 saturated carbocycles. The van der Waals surface area contributed by atoms with Gasteiger partial charge < -0.3 is 9.47 Å². The number of hydrogen-bond donors (Lipinski definition) is 0. The van der Waals surface area contributed by atoms with Gasteiger partial charge in [-0.05, 0) is 11.5 Å². The molecular formula is C13H18O3. The molecule has 0 radical (unpaired) electrons. The normalized spacial score (nSPS) is 11.2. The van der Waals surface area contributed by atoms with Gasteiger partial charge in [-0.25, -0.2) is 4.79 Å². The second kappa shape index (κ2) is 5.12.